The topological polar surface area (TPSA) is 53.6 Å². The molecule has 4 nitrogen and oxygen atoms in total. The third kappa shape index (κ3) is 2.52. The maximum absolute atomic E-state index is 5.54. The van der Waals surface area contributed by atoms with Crippen LogP contribution in [-0.2, 0) is 0 Å². The summed E-state index contributed by atoms with van der Waals surface area (Å²) in [5.74, 6) is 6.30. The normalized spacial score (nSPS) is 16.0. The molecule has 86 valence electrons. The summed E-state index contributed by atoms with van der Waals surface area (Å²) in [7, 11) is 0. The van der Waals surface area contributed by atoms with Gasteiger partial charge in [0, 0.05) is 12.6 Å². The lowest BCUT2D eigenvalue weighted by molar-refractivity contribution is 0.415. The zero-order chi connectivity index (χ0) is 11.4. The Hall–Kier alpha value is -1.55. The van der Waals surface area contributed by atoms with Crippen molar-refractivity contribution < 1.29 is 0 Å². The van der Waals surface area contributed by atoms with Crippen LogP contribution in [0.15, 0.2) is 35.3 Å². The lowest BCUT2D eigenvalue weighted by atomic mass is 10.3. The molecule has 0 radical (unpaired) electrons. The van der Waals surface area contributed by atoms with E-state index in [1.165, 1.54) is 12.8 Å². The van der Waals surface area contributed by atoms with Crippen LogP contribution in [0.5, 0.6) is 0 Å². The predicted octanol–water partition coefficient (Wildman–Crippen LogP) is 1.62. The molecule has 0 unspecified atom stereocenters. The van der Waals surface area contributed by atoms with E-state index in [1.807, 2.05) is 30.3 Å². The van der Waals surface area contributed by atoms with Gasteiger partial charge in [-0.3, -0.25) is 5.43 Å². The van der Waals surface area contributed by atoms with E-state index >= 15 is 0 Å². The molecule has 0 heterocycles. The van der Waals surface area contributed by atoms with Gasteiger partial charge in [0.2, 0.25) is 5.96 Å². The van der Waals surface area contributed by atoms with Gasteiger partial charge in [-0.1, -0.05) is 18.2 Å². The monoisotopic (exact) mass is 218 g/mol. The van der Waals surface area contributed by atoms with E-state index in [9.17, 15) is 0 Å². The Morgan fingerprint density at radius 3 is 2.62 bits per heavy atom. The van der Waals surface area contributed by atoms with Crippen LogP contribution in [-0.4, -0.2) is 23.4 Å². The number of nitrogens with two attached hydrogens (primary N) is 1. The van der Waals surface area contributed by atoms with Gasteiger partial charge in [0.15, 0.2) is 0 Å². The van der Waals surface area contributed by atoms with E-state index in [2.05, 4.69) is 22.2 Å². The second kappa shape index (κ2) is 4.99. The molecular weight excluding hydrogens is 200 g/mol. The van der Waals surface area contributed by atoms with Crippen LogP contribution in [0, 0.1) is 0 Å². The molecule has 2 rings (SSSR count). The highest BCUT2D eigenvalue weighted by Crippen LogP contribution is 2.27. The molecule has 4 heteroatoms. The van der Waals surface area contributed by atoms with E-state index in [0.717, 1.165) is 18.2 Å². The maximum Gasteiger partial charge on any atom is 0.213 e. The van der Waals surface area contributed by atoms with Gasteiger partial charge >= 0.3 is 0 Å². The molecule has 0 spiro atoms. The van der Waals surface area contributed by atoms with Crippen LogP contribution >= 0.6 is 0 Å². The third-order valence-corrected chi connectivity index (χ3v) is 2.72. The number of rotatable bonds is 3. The Morgan fingerprint density at radius 1 is 1.44 bits per heavy atom. The van der Waals surface area contributed by atoms with Gasteiger partial charge in [-0.05, 0) is 31.9 Å². The first-order chi connectivity index (χ1) is 7.85. The molecule has 1 fully saturated rings. The van der Waals surface area contributed by atoms with Crippen LogP contribution in [0.4, 0.5) is 5.69 Å². The Morgan fingerprint density at radius 2 is 2.12 bits per heavy atom. The van der Waals surface area contributed by atoms with E-state index in [1.54, 1.807) is 0 Å². The Labute approximate surface area is 96.1 Å². The first kappa shape index (κ1) is 11.0. The summed E-state index contributed by atoms with van der Waals surface area (Å²) < 4.78 is 0. The number of hydrazine groups is 1. The average molecular weight is 218 g/mol. The number of nitrogens with zero attached hydrogens (tertiary/aromatic N) is 2. The van der Waals surface area contributed by atoms with Crippen molar-refractivity contribution in [2.75, 3.05) is 6.54 Å². The van der Waals surface area contributed by atoms with Crippen molar-refractivity contribution >= 4 is 11.6 Å². The van der Waals surface area contributed by atoms with Gasteiger partial charge in [-0.15, -0.1) is 0 Å². The number of benzene rings is 1. The summed E-state index contributed by atoms with van der Waals surface area (Å²) in [6.45, 7) is 3.05. The van der Waals surface area contributed by atoms with Crippen LogP contribution in [0.3, 0.4) is 0 Å². The number of nitrogens with one attached hydrogen (secondary N) is 1. The molecule has 0 bridgehead atoms. The van der Waals surface area contributed by atoms with Gasteiger partial charge < -0.3 is 4.90 Å². The molecule has 0 amide bonds. The predicted molar refractivity (Wildman–Crippen MR) is 66.3 cm³/mol. The quantitative estimate of drug-likeness (QED) is 0.351. The van der Waals surface area contributed by atoms with Crippen LogP contribution in [0.25, 0.3) is 0 Å². The molecule has 1 aromatic carbocycles. The SMILES string of the molecule is CCN(C(=Nc1ccccc1)NN)C1CC1. The Balaban J connectivity index is 2.17. The van der Waals surface area contributed by atoms with Crippen molar-refractivity contribution in [1.82, 2.24) is 10.3 Å². The average Bonchev–Trinajstić information content (AvgIpc) is 3.14. The highest BCUT2D eigenvalue weighted by atomic mass is 15.4. The first-order valence-corrected chi connectivity index (χ1v) is 5.72. The molecule has 3 N–H and O–H groups in total. The summed E-state index contributed by atoms with van der Waals surface area (Å²) in [4.78, 5) is 6.73. The standard InChI is InChI=1S/C12H18N4/c1-2-16(11-8-9-11)12(15-13)14-10-6-4-3-5-7-10/h3-7,11H,2,8-9,13H2,1H3,(H,14,15). The Bertz CT molecular complexity index is 357. The molecule has 0 aliphatic heterocycles. The van der Waals surface area contributed by atoms with Crippen molar-refractivity contribution in [3.8, 4) is 0 Å². The summed E-state index contributed by atoms with van der Waals surface area (Å²) in [6, 6.07) is 10.5. The smallest absolute Gasteiger partial charge is 0.213 e. The molecule has 1 saturated carbocycles. The van der Waals surface area contributed by atoms with Crippen LogP contribution in [0.2, 0.25) is 0 Å². The fourth-order valence-electron chi connectivity index (χ4n) is 1.77. The van der Waals surface area contributed by atoms with Crippen molar-refractivity contribution in [2.45, 2.75) is 25.8 Å². The van der Waals surface area contributed by atoms with Gasteiger partial charge in [0.1, 0.15) is 0 Å². The lowest BCUT2D eigenvalue weighted by Gasteiger charge is -2.23. The zero-order valence-corrected chi connectivity index (χ0v) is 9.56. The number of aliphatic imine (C=N–C) groups is 1. The van der Waals surface area contributed by atoms with E-state index < -0.39 is 0 Å². The highest BCUT2D eigenvalue weighted by Gasteiger charge is 2.29. The zero-order valence-electron chi connectivity index (χ0n) is 9.56. The summed E-state index contributed by atoms with van der Waals surface area (Å²) in [5.41, 5.74) is 3.62. The minimum atomic E-state index is 0.614. The fourth-order valence-corrected chi connectivity index (χ4v) is 1.77. The second-order valence-electron chi connectivity index (χ2n) is 3.93. The minimum absolute atomic E-state index is 0.614. The largest absolute Gasteiger partial charge is 0.339 e. The van der Waals surface area contributed by atoms with E-state index in [-0.39, 0.29) is 0 Å². The van der Waals surface area contributed by atoms with Gasteiger partial charge in [-0.25, -0.2) is 10.8 Å². The number of hydrogen-bond donors (Lipinski definition) is 2. The van der Waals surface area contributed by atoms with Gasteiger partial charge in [0.05, 0.1) is 5.69 Å². The maximum atomic E-state index is 5.54. The Kier molecular flexibility index (Phi) is 3.41. The summed E-state index contributed by atoms with van der Waals surface area (Å²) >= 11 is 0. The number of para-hydroxylation sites is 1. The third-order valence-electron chi connectivity index (χ3n) is 2.72. The molecule has 1 aromatic rings. The molecular formula is C12H18N4. The molecule has 0 aromatic heterocycles. The van der Waals surface area contributed by atoms with Crippen molar-refractivity contribution in [3.63, 3.8) is 0 Å². The van der Waals surface area contributed by atoms with Gasteiger partial charge in [-0.2, -0.15) is 0 Å². The fraction of sp³-hybridized carbons (Fsp3) is 0.417. The second-order valence-corrected chi connectivity index (χ2v) is 3.93. The van der Waals surface area contributed by atoms with Crippen LogP contribution in [0.1, 0.15) is 19.8 Å². The molecule has 0 saturated heterocycles. The van der Waals surface area contributed by atoms with Gasteiger partial charge in [0.25, 0.3) is 0 Å². The number of guanidine groups is 1. The molecule has 0 atom stereocenters. The summed E-state index contributed by atoms with van der Waals surface area (Å²) in [5, 5.41) is 0. The summed E-state index contributed by atoms with van der Waals surface area (Å²) in [6.07, 6.45) is 2.48. The molecule has 16 heavy (non-hydrogen) atoms. The highest BCUT2D eigenvalue weighted by molar-refractivity contribution is 5.82. The lowest BCUT2D eigenvalue weighted by Crippen LogP contribution is -2.45. The minimum Gasteiger partial charge on any atom is -0.339 e. The molecule has 1 aliphatic carbocycles. The number of hydrogen-bond acceptors (Lipinski definition) is 2. The van der Waals surface area contributed by atoms with Crippen LogP contribution < -0.4 is 11.3 Å². The van der Waals surface area contributed by atoms with Crippen molar-refractivity contribution in [1.29, 1.82) is 0 Å². The van der Waals surface area contributed by atoms with Crippen molar-refractivity contribution in [3.05, 3.63) is 30.3 Å². The molecule has 1 aliphatic rings. The van der Waals surface area contributed by atoms with E-state index in [4.69, 9.17) is 5.84 Å². The van der Waals surface area contributed by atoms with Crippen molar-refractivity contribution in [2.24, 2.45) is 10.8 Å². The first-order valence-electron chi connectivity index (χ1n) is 5.72. The van der Waals surface area contributed by atoms with E-state index in [0.29, 0.717) is 6.04 Å².